The van der Waals surface area contributed by atoms with Crippen molar-refractivity contribution in [2.24, 2.45) is 0 Å². The van der Waals surface area contributed by atoms with Crippen LogP contribution in [-0.4, -0.2) is 36.2 Å². The number of hydrogen-bond donors (Lipinski definition) is 4. The molecule has 0 spiro atoms. The van der Waals surface area contributed by atoms with E-state index in [0.717, 1.165) is 6.07 Å². The Kier molecular flexibility index (Phi) is 3.87. The molecule has 2 aromatic carbocycles. The van der Waals surface area contributed by atoms with Gasteiger partial charge >= 0.3 is 0 Å². The average molecular weight is 346 g/mol. The van der Waals surface area contributed by atoms with Crippen LogP contribution in [0.25, 0.3) is 11.1 Å². The van der Waals surface area contributed by atoms with Crippen LogP contribution in [0.2, 0.25) is 0 Å². The molecule has 8 nitrogen and oxygen atoms in total. The summed E-state index contributed by atoms with van der Waals surface area (Å²) in [6.07, 6.45) is 0. The van der Waals surface area contributed by atoms with Gasteiger partial charge in [-0.1, -0.05) is 12.1 Å². The summed E-state index contributed by atoms with van der Waals surface area (Å²) >= 11 is 0. The lowest BCUT2D eigenvalue weighted by Crippen LogP contribution is -2.04. The van der Waals surface area contributed by atoms with E-state index in [2.05, 4.69) is 0 Å². The van der Waals surface area contributed by atoms with Crippen molar-refractivity contribution in [2.45, 2.75) is 9.79 Å². The highest BCUT2D eigenvalue weighted by molar-refractivity contribution is 7.86. The Morgan fingerprint density at radius 2 is 1.32 bits per heavy atom. The van der Waals surface area contributed by atoms with Gasteiger partial charge in [0.15, 0.2) is 0 Å². The Morgan fingerprint density at radius 1 is 0.773 bits per heavy atom. The molecule has 0 fully saturated rings. The van der Waals surface area contributed by atoms with Crippen molar-refractivity contribution in [1.82, 2.24) is 0 Å². The molecule has 0 radical (unpaired) electrons. The van der Waals surface area contributed by atoms with Crippen LogP contribution in [0.5, 0.6) is 11.5 Å². The fourth-order valence-electron chi connectivity index (χ4n) is 1.79. The smallest absolute Gasteiger partial charge is 0.298 e. The van der Waals surface area contributed by atoms with Crippen LogP contribution >= 0.6 is 0 Å². The van der Waals surface area contributed by atoms with Crippen LogP contribution in [0.3, 0.4) is 0 Å². The minimum atomic E-state index is -4.93. The van der Waals surface area contributed by atoms with Crippen molar-refractivity contribution in [2.75, 3.05) is 0 Å². The van der Waals surface area contributed by atoms with Crippen molar-refractivity contribution in [3.8, 4) is 22.6 Å². The minimum absolute atomic E-state index is 0.107. The molecular weight excluding hydrogens is 336 g/mol. The molecule has 2 rings (SSSR count). The van der Waals surface area contributed by atoms with Gasteiger partial charge in [0, 0.05) is 5.56 Å². The summed E-state index contributed by atoms with van der Waals surface area (Å²) in [6.45, 7) is 0. The summed E-state index contributed by atoms with van der Waals surface area (Å²) in [7, 11) is -9.71. The third-order valence-electron chi connectivity index (χ3n) is 2.80. The Bertz CT molecular complexity index is 928. The van der Waals surface area contributed by atoms with E-state index in [1.54, 1.807) is 0 Å². The normalized spacial score (nSPS) is 12.3. The first-order chi connectivity index (χ1) is 10.00. The maximum atomic E-state index is 11.2. The molecule has 0 amide bonds. The number of benzene rings is 2. The van der Waals surface area contributed by atoms with Crippen molar-refractivity contribution >= 4 is 20.2 Å². The Hall–Kier alpha value is -2.14. The summed E-state index contributed by atoms with van der Waals surface area (Å²) in [5.74, 6) is -0.996. The molecule has 0 saturated carbocycles. The van der Waals surface area contributed by atoms with Gasteiger partial charge in [0.25, 0.3) is 20.2 Å². The van der Waals surface area contributed by atoms with Crippen LogP contribution in [0.1, 0.15) is 0 Å². The van der Waals surface area contributed by atoms with Crippen LogP contribution in [-0.2, 0) is 20.2 Å². The molecular formula is C12H10O8S2. The monoisotopic (exact) mass is 346 g/mol. The summed E-state index contributed by atoms with van der Waals surface area (Å²) in [6, 6.07) is 6.29. The maximum Gasteiger partial charge on any atom is 0.298 e. The zero-order valence-electron chi connectivity index (χ0n) is 10.7. The van der Waals surface area contributed by atoms with Gasteiger partial charge in [0.05, 0.1) is 4.90 Å². The number of phenols is 2. The molecule has 22 heavy (non-hydrogen) atoms. The molecule has 2 aromatic rings. The molecule has 0 aliphatic carbocycles. The second kappa shape index (κ2) is 5.25. The third-order valence-corrected chi connectivity index (χ3v) is 4.50. The van der Waals surface area contributed by atoms with E-state index in [1.165, 1.54) is 24.3 Å². The summed E-state index contributed by atoms with van der Waals surface area (Å²) in [5, 5.41) is 19.2. The van der Waals surface area contributed by atoms with Crippen LogP contribution in [0, 0.1) is 0 Å². The molecule has 0 unspecified atom stereocenters. The predicted molar refractivity (Wildman–Crippen MR) is 74.8 cm³/mol. The third kappa shape index (κ3) is 3.20. The largest absolute Gasteiger partial charge is 0.508 e. The van der Waals surface area contributed by atoms with E-state index >= 15 is 0 Å². The molecule has 118 valence electrons. The highest BCUT2D eigenvalue weighted by Gasteiger charge is 2.24. The first kappa shape index (κ1) is 16.2. The van der Waals surface area contributed by atoms with Crippen molar-refractivity contribution in [1.29, 1.82) is 0 Å². The van der Waals surface area contributed by atoms with Gasteiger partial charge in [-0.25, -0.2) is 0 Å². The maximum absolute atomic E-state index is 11.2. The highest BCUT2D eigenvalue weighted by Crippen LogP contribution is 2.37. The second-order valence-electron chi connectivity index (χ2n) is 4.31. The quantitative estimate of drug-likeness (QED) is 0.607. The summed E-state index contributed by atoms with van der Waals surface area (Å²) in [5.41, 5.74) is -0.103. The van der Waals surface area contributed by atoms with Crippen LogP contribution < -0.4 is 0 Å². The molecule has 0 atom stereocenters. The fraction of sp³-hybridized carbons (Fsp3) is 0. The topological polar surface area (TPSA) is 149 Å². The van der Waals surface area contributed by atoms with E-state index in [1.807, 2.05) is 0 Å². The van der Waals surface area contributed by atoms with Crippen molar-refractivity contribution < 1.29 is 36.2 Å². The Balaban J connectivity index is 2.86. The summed E-state index contributed by atoms with van der Waals surface area (Å²) < 4.78 is 63.1. The van der Waals surface area contributed by atoms with E-state index in [-0.39, 0.29) is 16.9 Å². The first-order valence-electron chi connectivity index (χ1n) is 5.61. The van der Waals surface area contributed by atoms with Gasteiger partial charge in [-0.3, -0.25) is 9.11 Å². The lowest BCUT2D eigenvalue weighted by molar-refractivity contribution is 0.443. The Morgan fingerprint density at radius 3 is 1.77 bits per heavy atom. The zero-order valence-corrected chi connectivity index (χ0v) is 12.3. The lowest BCUT2D eigenvalue weighted by Gasteiger charge is -2.10. The van der Waals surface area contributed by atoms with Gasteiger partial charge in [-0.2, -0.15) is 16.8 Å². The molecule has 10 heteroatoms. The van der Waals surface area contributed by atoms with Gasteiger partial charge in [-0.05, 0) is 29.8 Å². The number of aromatic hydroxyl groups is 2. The SMILES string of the molecule is O=S(=O)(O)c1cc(-c2ccc(O)cc2)c(O)c(S(=O)(=O)O)c1. The van der Waals surface area contributed by atoms with Gasteiger partial charge < -0.3 is 10.2 Å². The van der Waals surface area contributed by atoms with Crippen LogP contribution in [0.4, 0.5) is 0 Å². The molecule has 0 aromatic heterocycles. The number of phenolic OH excluding ortho intramolecular Hbond substituents is 2. The van der Waals surface area contributed by atoms with Crippen molar-refractivity contribution in [3.05, 3.63) is 36.4 Å². The van der Waals surface area contributed by atoms with E-state index in [0.29, 0.717) is 6.07 Å². The van der Waals surface area contributed by atoms with Gasteiger partial charge in [-0.15, -0.1) is 0 Å². The molecule has 0 bridgehead atoms. The second-order valence-corrected chi connectivity index (χ2v) is 7.13. The standard InChI is InChI=1S/C12H10O8S2/c13-8-3-1-7(2-4-8)10-5-9(21(15,16)17)6-11(12(10)14)22(18,19)20/h1-6,13-14H,(H,15,16,17)(H,18,19,20). The average Bonchev–Trinajstić information content (AvgIpc) is 2.37. The minimum Gasteiger partial charge on any atom is -0.508 e. The molecule has 0 aliphatic heterocycles. The van der Waals surface area contributed by atoms with E-state index in [9.17, 15) is 27.0 Å². The number of hydrogen-bond acceptors (Lipinski definition) is 6. The summed E-state index contributed by atoms with van der Waals surface area (Å²) in [4.78, 5) is -1.88. The van der Waals surface area contributed by atoms with Crippen molar-refractivity contribution in [3.63, 3.8) is 0 Å². The van der Waals surface area contributed by atoms with E-state index in [4.69, 9.17) is 9.11 Å². The molecule has 0 heterocycles. The zero-order chi connectivity index (χ0) is 16.7. The van der Waals surface area contributed by atoms with E-state index < -0.39 is 35.8 Å². The fourth-order valence-corrected chi connectivity index (χ4v) is 3.03. The molecule has 0 aliphatic rings. The number of rotatable bonds is 3. The van der Waals surface area contributed by atoms with Crippen LogP contribution in [0.15, 0.2) is 46.2 Å². The predicted octanol–water partition coefficient (Wildman–Crippen LogP) is 1.26. The molecule has 4 N–H and O–H groups in total. The first-order valence-corrected chi connectivity index (χ1v) is 8.49. The van der Waals surface area contributed by atoms with Gasteiger partial charge in [0.1, 0.15) is 16.4 Å². The highest BCUT2D eigenvalue weighted by atomic mass is 32.2. The Labute approximate surface area is 125 Å². The van der Waals surface area contributed by atoms with Gasteiger partial charge in [0.2, 0.25) is 0 Å². The molecule has 0 saturated heterocycles. The lowest BCUT2D eigenvalue weighted by atomic mass is 10.0.